The van der Waals surface area contributed by atoms with Gasteiger partial charge >= 0.3 is 5.97 Å². The van der Waals surface area contributed by atoms with E-state index in [1.54, 1.807) is 26.8 Å². The van der Waals surface area contributed by atoms with Crippen molar-refractivity contribution < 1.29 is 27.6 Å². The molecule has 0 unspecified atom stereocenters. The third-order valence-electron chi connectivity index (χ3n) is 4.57. The van der Waals surface area contributed by atoms with Crippen molar-refractivity contribution in [3.05, 3.63) is 55.4 Å². The number of carboxylic acids is 1. The second kappa shape index (κ2) is 8.33. The van der Waals surface area contributed by atoms with Crippen LogP contribution in [0.2, 0.25) is 5.02 Å². The zero-order valence-corrected chi connectivity index (χ0v) is 19.3. The number of aromatic nitrogens is 1. The zero-order chi connectivity index (χ0) is 23.1. The Morgan fingerprint density at radius 3 is 2.45 bits per heavy atom. The predicted molar refractivity (Wildman–Crippen MR) is 117 cm³/mol. The van der Waals surface area contributed by atoms with Crippen LogP contribution in [0, 0.1) is 27.7 Å². The molecule has 2 heterocycles. The standard InChI is InChI=1S/C19H18ClN3O6S2/c1-8-7-9(2)15(10(3)13(8)19(25)26)21-18(24)16-12(5-6-30-16)31(27,28)23-17-14(20)11(4)29-22-17/h5-7H,1-4H3,(H,21,24)(H,22,23)(H,25,26). The Balaban J connectivity index is 1.96. The summed E-state index contributed by atoms with van der Waals surface area (Å²) < 4.78 is 32.7. The minimum atomic E-state index is -4.20. The van der Waals surface area contributed by atoms with Gasteiger partial charge in [-0.2, -0.15) is 0 Å². The van der Waals surface area contributed by atoms with E-state index in [0.717, 1.165) is 11.3 Å². The topological polar surface area (TPSA) is 139 Å². The SMILES string of the molecule is Cc1cc(C)c(C(=O)O)c(C)c1NC(=O)c1sccc1S(=O)(=O)Nc1noc(C)c1Cl. The smallest absolute Gasteiger partial charge is 0.336 e. The number of hydrogen-bond acceptors (Lipinski definition) is 7. The molecule has 0 aliphatic carbocycles. The molecule has 12 heteroatoms. The number of nitrogens with zero attached hydrogens (tertiary/aromatic N) is 1. The molecule has 0 saturated heterocycles. The lowest BCUT2D eigenvalue weighted by Gasteiger charge is -2.16. The Labute approximate surface area is 187 Å². The Hall–Kier alpha value is -2.89. The van der Waals surface area contributed by atoms with E-state index in [-0.39, 0.29) is 31.9 Å². The van der Waals surface area contributed by atoms with Gasteiger partial charge in [0.15, 0.2) is 5.76 Å². The summed E-state index contributed by atoms with van der Waals surface area (Å²) >= 11 is 6.89. The van der Waals surface area contributed by atoms with Gasteiger partial charge in [-0.25, -0.2) is 13.2 Å². The van der Waals surface area contributed by atoms with Crippen molar-refractivity contribution in [2.45, 2.75) is 32.6 Å². The Morgan fingerprint density at radius 1 is 1.19 bits per heavy atom. The summed E-state index contributed by atoms with van der Waals surface area (Å²) in [5, 5.41) is 17.1. The summed E-state index contributed by atoms with van der Waals surface area (Å²) in [6.45, 7) is 6.50. The summed E-state index contributed by atoms with van der Waals surface area (Å²) in [6, 6.07) is 2.93. The number of sulfonamides is 1. The van der Waals surface area contributed by atoms with Crippen LogP contribution < -0.4 is 10.0 Å². The summed E-state index contributed by atoms with van der Waals surface area (Å²) in [7, 11) is -4.20. The van der Waals surface area contributed by atoms with Crippen molar-refractivity contribution in [1.29, 1.82) is 0 Å². The molecule has 0 aliphatic rings. The molecule has 0 atom stereocenters. The first-order valence-electron chi connectivity index (χ1n) is 8.81. The molecule has 2 aromatic heterocycles. The van der Waals surface area contributed by atoms with E-state index in [0.29, 0.717) is 22.4 Å². The Bertz CT molecular complexity index is 1310. The van der Waals surface area contributed by atoms with Crippen molar-refractivity contribution in [2.75, 3.05) is 10.0 Å². The summed E-state index contributed by atoms with van der Waals surface area (Å²) in [5.74, 6) is -1.76. The van der Waals surface area contributed by atoms with E-state index >= 15 is 0 Å². The highest BCUT2D eigenvalue weighted by molar-refractivity contribution is 7.93. The third kappa shape index (κ3) is 4.29. The van der Waals surface area contributed by atoms with Gasteiger partial charge in [-0.3, -0.25) is 9.52 Å². The molecule has 0 bridgehead atoms. The molecule has 9 nitrogen and oxygen atoms in total. The minimum absolute atomic E-state index is 0.0110. The molecule has 164 valence electrons. The lowest BCUT2D eigenvalue weighted by Crippen LogP contribution is -2.20. The monoisotopic (exact) mass is 483 g/mol. The van der Waals surface area contributed by atoms with E-state index in [4.69, 9.17) is 16.1 Å². The van der Waals surface area contributed by atoms with Gasteiger partial charge in [0.25, 0.3) is 15.9 Å². The molecule has 0 aliphatic heterocycles. The van der Waals surface area contributed by atoms with Gasteiger partial charge in [0.2, 0.25) is 5.82 Å². The predicted octanol–water partition coefficient (Wildman–Crippen LogP) is 4.37. The number of carbonyl (C=O) groups is 2. The number of carbonyl (C=O) groups excluding carboxylic acids is 1. The lowest BCUT2D eigenvalue weighted by atomic mass is 9.97. The van der Waals surface area contributed by atoms with E-state index in [9.17, 15) is 23.1 Å². The molecule has 0 saturated carbocycles. The largest absolute Gasteiger partial charge is 0.478 e. The number of thiophene rings is 1. The van der Waals surface area contributed by atoms with Crippen molar-refractivity contribution >= 4 is 56.3 Å². The number of carboxylic acid groups (broad SMARTS) is 1. The van der Waals surface area contributed by atoms with Gasteiger partial charge in [0.05, 0.1) is 5.56 Å². The Kier molecular flexibility index (Phi) is 6.12. The number of hydrogen-bond donors (Lipinski definition) is 3. The Morgan fingerprint density at radius 2 is 1.87 bits per heavy atom. The summed E-state index contributed by atoms with van der Waals surface area (Å²) in [4.78, 5) is 24.2. The number of halogens is 1. The molecule has 3 aromatic rings. The van der Waals surface area contributed by atoms with E-state index < -0.39 is 21.9 Å². The first kappa shape index (κ1) is 22.8. The van der Waals surface area contributed by atoms with Gasteiger partial charge in [-0.05, 0) is 55.8 Å². The van der Waals surface area contributed by atoms with Crippen molar-refractivity contribution in [3.63, 3.8) is 0 Å². The van der Waals surface area contributed by atoms with Crippen LogP contribution in [-0.4, -0.2) is 30.6 Å². The van der Waals surface area contributed by atoms with Crippen molar-refractivity contribution in [1.82, 2.24) is 5.16 Å². The van der Waals surface area contributed by atoms with Gasteiger partial charge in [0, 0.05) is 5.69 Å². The number of aromatic carboxylic acids is 1. The number of nitrogens with one attached hydrogen (secondary N) is 2. The average molecular weight is 484 g/mol. The minimum Gasteiger partial charge on any atom is -0.478 e. The first-order valence-corrected chi connectivity index (χ1v) is 11.6. The average Bonchev–Trinajstić information content (AvgIpc) is 3.28. The molecule has 1 aromatic carbocycles. The highest BCUT2D eigenvalue weighted by Gasteiger charge is 2.27. The van der Waals surface area contributed by atoms with Gasteiger partial charge in [-0.1, -0.05) is 22.8 Å². The van der Waals surface area contributed by atoms with Crippen LogP contribution in [0.25, 0.3) is 0 Å². The fourth-order valence-electron chi connectivity index (χ4n) is 3.16. The third-order valence-corrected chi connectivity index (χ3v) is 7.44. The number of anilines is 2. The van der Waals surface area contributed by atoms with Gasteiger partial charge in [-0.15, -0.1) is 11.3 Å². The van der Waals surface area contributed by atoms with Gasteiger partial charge in [0.1, 0.15) is 14.8 Å². The van der Waals surface area contributed by atoms with E-state index in [2.05, 4.69) is 15.2 Å². The van der Waals surface area contributed by atoms with Crippen LogP contribution in [0.4, 0.5) is 11.5 Å². The normalized spacial score (nSPS) is 11.4. The first-order chi connectivity index (χ1) is 14.4. The molecular weight excluding hydrogens is 466 g/mol. The van der Waals surface area contributed by atoms with Crippen LogP contribution in [0.3, 0.4) is 0 Å². The second-order valence-corrected chi connectivity index (χ2v) is 9.71. The van der Waals surface area contributed by atoms with Crippen LogP contribution in [0.1, 0.15) is 42.5 Å². The fraction of sp³-hybridized carbons (Fsp3) is 0.211. The van der Waals surface area contributed by atoms with Crippen molar-refractivity contribution in [3.8, 4) is 0 Å². The number of rotatable bonds is 6. The second-order valence-electron chi connectivity index (χ2n) is 6.77. The lowest BCUT2D eigenvalue weighted by molar-refractivity contribution is 0.0695. The van der Waals surface area contributed by atoms with Crippen LogP contribution in [0.5, 0.6) is 0 Å². The molecule has 3 N–H and O–H groups in total. The highest BCUT2D eigenvalue weighted by atomic mass is 35.5. The quantitative estimate of drug-likeness (QED) is 0.473. The number of amides is 1. The number of aryl methyl sites for hydroxylation is 3. The summed E-state index contributed by atoms with van der Waals surface area (Å²) in [5.41, 5.74) is 1.98. The van der Waals surface area contributed by atoms with Crippen molar-refractivity contribution in [2.24, 2.45) is 0 Å². The molecule has 0 fully saturated rings. The van der Waals surface area contributed by atoms with E-state index in [1.165, 1.54) is 18.4 Å². The van der Waals surface area contributed by atoms with Gasteiger partial charge < -0.3 is 14.9 Å². The molecule has 1 amide bonds. The maximum absolute atomic E-state index is 12.9. The van der Waals surface area contributed by atoms with Crippen LogP contribution >= 0.6 is 22.9 Å². The van der Waals surface area contributed by atoms with Crippen LogP contribution in [0.15, 0.2) is 26.9 Å². The zero-order valence-electron chi connectivity index (χ0n) is 16.9. The fourth-order valence-corrected chi connectivity index (χ4v) is 5.66. The molecule has 31 heavy (non-hydrogen) atoms. The van der Waals surface area contributed by atoms with E-state index in [1.807, 2.05) is 0 Å². The molecular formula is C19H18ClN3O6S2. The highest BCUT2D eigenvalue weighted by Crippen LogP contribution is 2.31. The summed E-state index contributed by atoms with van der Waals surface area (Å²) in [6.07, 6.45) is 0. The number of benzene rings is 1. The molecule has 3 rings (SSSR count). The van der Waals surface area contributed by atoms with Crippen LogP contribution in [-0.2, 0) is 10.0 Å². The molecule has 0 radical (unpaired) electrons. The molecule has 0 spiro atoms. The maximum atomic E-state index is 12.9. The maximum Gasteiger partial charge on any atom is 0.336 e.